The fourth-order valence-electron chi connectivity index (χ4n) is 2.05. The van der Waals surface area contributed by atoms with Gasteiger partial charge in [0.25, 0.3) is 5.69 Å². The van der Waals surface area contributed by atoms with Crippen molar-refractivity contribution in [3.63, 3.8) is 0 Å². The first-order chi connectivity index (χ1) is 9.01. The van der Waals surface area contributed by atoms with E-state index in [-0.39, 0.29) is 17.6 Å². The minimum absolute atomic E-state index is 0.00116. The number of benzene rings is 1. The molecule has 0 aliphatic carbocycles. The van der Waals surface area contributed by atoms with E-state index in [2.05, 4.69) is 10.6 Å². The highest BCUT2D eigenvalue weighted by Gasteiger charge is 2.22. The molecule has 2 N–H and O–H groups in total. The lowest BCUT2D eigenvalue weighted by Crippen LogP contribution is -2.20. The van der Waals surface area contributed by atoms with Crippen LogP contribution in [-0.4, -0.2) is 16.9 Å². The number of carbonyl (C=O) groups is 1. The van der Waals surface area contributed by atoms with Gasteiger partial charge in [0, 0.05) is 18.5 Å². The third-order valence-corrected chi connectivity index (χ3v) is 3.33. The van der Waals surface area contributed by atoms with Gasteiger partial charge in [-0.1, -0.05) is 6.92 Å². The van der Waals surface area contributed by atoms with Crippen LogP contribution in [0.25, 0.3) is 0 Å². The summed E-state index contributed by atoms with van der Waals surface area (Å²) >= 11 is 0. The number of nitrogens with zero attached hydrogens (tertiary/aromatic N) is 1. The molecule has 6 nitrogen and oxygen atoms in total. The SMILES string of the molecule is CCC(C)Nc1cc2c(cc1[N+](=O)[O-])NC(=O)CC2. The van der Waals surface area contributed by atoms with Crippen LogP contribution in [0, 0.1) is 10.1 Å². The monoisotopic (exact) mass is 263 g/mol. The highest BCUT2D eigenvalue weighted by Crippen LogP contribution is 2.34. The van der Waals surface area contributed by atoms with E-state index < -0.39 is 4.92 Å². The van der Waals surface area contributed by atoms with Crippen LogP contribution >= 0.6 is 0 Å². The van der Waals surface area contributed by atoms with Gasteiger partial charge in [0.05, 0.1) is 10.6 Å². The summed E-state index contributed by atoms with van der Waals surface area (Å²) in [5.41, 5.74) is 2.02. The van der Waals surface area contributed by atoms with Crippen molar-refractivity contribution in [2.24, 2.45) is 0 Å². The van der Waals surface area contributed by atoms with Gasteiger partial charge in [0.1, 0.15) is 5.69 Å². The van der Waals surface area contributed by atoms with Crippen molar-refractivity contribution in [3.05, 3.63) is 27.8 Å². The Kier molecular flexibility index (Phi) is 3.69. The number of amides is 1. The normalized spacial score (nSPS) is 15.4. The molecule has 1 atom stereocenters. The molecule has 0 bridgehead atoms. The highest BCUT2D eigenvalue weighted by atomic mass is 16.6. The van der Waals surface area contributed by atoms with Crippen molar-refractivity contribution in [3.8, 4) is 0 Å². The lowest BCUT2D eigenvalue weighted by molar-refractivity contribution is -0.383. The second-order valence-electron chi connectivity index (χ2n) is 4.79. The Morgan fingerprint density at radius 2 is 2.21 bits per heavy atom. The maximum Gasteiger partial charge on any atom is 0.294 e. The number of nitro benzene ring substituents is 1. The van der Waals surface area contributed by atoms with Crippen molar-refractivity contribution >= 4 is 23.0 Å². The van der Waals surface area contributed by atoms with Crippen molar-refractivity contribution in [2.45, 2.75) is 39.2 Å². The molecule has 0 radical (unpaired) electrons. The van der Waals surface area contributed by atoms with Crippen LogP contribution in [0.4, 0.5) is 17.1 Å². The van der Waals surface area contributed by atoms with Crippen molar-refractivity contribution < 1.29 is 9.72 Å². The lowest BCUT2D eigenvalue weighted by Gasteiger charge is -2.19. The molecule has 1 aromatic carbocycles. The van der Waals surface area contributed by atoms with Gasteiger partial charge in [-0.25, -0.2) is 0 Å². The van der Waals surface area contributed by atoms with Crippen LogP contribution in [0.1, 0.15) is 32.3 Å². The molecular weight excluding hydrogens is 246 g/mol. The van der Waals surface area contributed by atoms with Crippen molar-refractivity contribution in [1.82, 2.24) is 0 Å². The highest BCUT2D eigenvalue weighted by molar-refractivity contribution is 5.95. The van der Waals surface area contributed by atoms with E-state index in [4.69, 9.17) is 0 Å². The maximum atomic E-state index is 11.3. The fourth-order valence-corrected chi connectivity index (χ4v) is 2.05. The standard InChI is InChI=1S/C13H17N3O3/c1-3-8(2)14-11-6-9-4-5-13(17)15-10(9)7-12(11)16(18)19/h6-8,14H,3-5H2,1-2H3,(H,15,17). The van der Waals surface area contributed by atoms with Gasteiger partial charge in [0.2, 0.25) is 5.91 Å². The van der Waals surface area contributed by atoms with Gasteiger partial charge >= 0.3 is 0 Å². The van der Waals surface area contributed by atoms with Gasteiger partial charge in [-0.05, 0) is 31.4 Å². The van der Waals surface area contributed by atoms with Gasteiger partial charge in [-0.15, -0.1) is 0 Å². The molecular formula is C13H17N3O3. The molecule has 19 heavy (non-hydrogen) atoms. The summed E-state index contributed by atoms with van der Waals surface area (Å²) in [6.07, 6.45) is 1.92. The third kappa shape index (κ3) is 2.83. The first-order valence-corrected chi connectivity index (χ1v) is 6.39. The number of rotatable bonds is 4. The number of nitro groups is 1. The molecule has 1 aliphatic heterocycles. The van der Waals surface area contributed by atoms with E-state index in [1.807, 2.05) is 13.8 Å². The summed E-state index contributed by atoms with van der Waals surface area (Å²) < 4.78 is 0. The van der Waals surface area contributed by atoms with E-state index in [1.165, 1.54) is 6.07 Å². The second-order valence-corrected chi connectivity index (χ2v) is 4.79. The maximum absolute atomic E-state index is 11.3. The summed E-state index contributed by atoms with van der Waals surface area (Å²) in [5, 5.41) is 16.9. The smallest absolute Gasteiger partial charge is 0.294 e. The number of hydrogen-bond acceptors (Lipinski definition) is 4. The fraction of sp³-hybridized carbons (Fsp3) is 0.462. The molecule has 0 aromatic heterocycles. The molecule has 2 rings (SSSR count). The van der Waals surface area contributed by atoms with Crippen LogP contribution in [0.15, 0.2) is 12.1 Å². The minimum atomic E-state index is -0.425. The molecule has 1 amide bonds. The zero-order chi connectivity index (χ0) is 14.0. The average Bonchev–Trinajstić information content (AvgIpc) is 2.37. The molecule has 0 saturated heterocycles. The Bertz CT molecular complexity index is 528. The summed E-state index contributed by atoms with van der Waals surface area (Å²) in [4.78, 5) is 22.0. The van der Waals surface area contributed by atoms with Crippen molar-refractivity contribution in [1.29, 1.82) is 0 Å². The van der Waals surface area contributed by atoms with Crippen LogP contribution in [0.3, 0.4) is 0 Å². The molecule has 0 fully saturated rings. The summed E-state index contributed by atoms with van der Waals surface area (Å²) in [7, 11) is 0. The molecule has 102 valence electrons. The van der Waals surface area contributed by atoms with Crippen LogP contribution in [0.5, 0.6) is 0 Å². The number of carbonyl (C=O) groups excluding carboxylic acids is 1. The van der Waals surface area contributed by atoms with Crippen LogP contribution < -0.4 is 10.6 Å². The number of hydrogen-bond donors (Lipinski definition) is 2. The molecule has 1 aliphatic rings. The second kappa shape index (κ2) is 5.26. The molecule has 1 aromatic rings. The van der Waals surface area contributed by atoms with E-state index >= 15 is 0 Å². The molecule has 6 heteroatoms. The topological polar surface area (TPSA) is 84.3 Å². The van der Waals surface area contributed by atoms with E-state index in [9.17, 15) is 14.9 Å². The Morgan fingerprint density at radius 1 is 1.47 bits per heavy atom. The molecule has 0 saturated carbocycles. The number of fused-ring (bicyclic) bond motifs is 1. The zero-order valence-electron chi connectivity index (χ0n) is 11.0. The number of anilines is 2. The Balaban J connectivity index is 2.41. The van der Waals surface area contributed by atoms with Gasteiger partial charge in [0.15, 0.2) is 0 Å². The molecule has 1 unspecified atom stereocenters. The lowest BCUT2D eigenvalue weighted by atomic mass is 10.0. The van der Waals surface area contributed by atoms with Gasteiger partial charge in [-0.3, -0.25) is 14.9 Å². The Labute approximate surface area is 111 Å². The minimum Gasteiger partial charge on any atom is -0.377 e. The van der Waals surface area contributed by atoms with E-state index in [1.54, 1.807) is 6.07 Å². The number of nitrogens with one attached hydrogen (secondary N) is 2. The predicted octanol–water partition coefficient (Wildman–Crippen LogP) is 2.69. The predicted molar refractivity (Wildman–Crippen MR) is 73.4 cm³/mol. The average molecular weight is 263 g/mol. The molecule has 0 spiro atoms. The van der Waals surface area contributed by atoms with Crippen LogP contribution in [-0.2, 0) is 11.2 Å². The van der Waals surface area contributed by atoms with E-state index in [0.717, 1.165) is 12.0 Å². The Hall–Kier alpha value is -2.11. The quantitative estimate of drug-likeness (QED) is 0.646. The number of aryl methyl sites for hydroxylation is 1. The molecule has 1 heterocycles. The van der Waals surface area contributed by atoms with E-state index in [0.29, 0.717) is 24.2 Å². The van der Waals surface area contributed by atoms with Crippen LogP contribution in [0.2, 0.25) is 0 Å². The van der Waals surface area contributed by atoms with Gasteiger partial charge < -0.3 is 10.6 Å². The zero-order valence-corrected chi connectivity index (χ0v) is 11.0. The summed E-state index contributed by atoms with van der Waals surface area (Å²) in [6.45, 7) is 3.99. The van der Waals surface area contributed by atoms with Gasteiger partial charge in [-0.2, -0.15) is 0 Å². The first-order valence-electron chi connectivity index (χ1n) is 6.39. The summed E-state index contributed by atoms with van der Waals surface area (Å²) in [6, 6.07) is 3.38. The first kappa shape index (κ1) is 13.3. The third-order valence-electron chi connectivity index (χ3n) is 3.33. The Morgan fingerprint density at radius 3 is 2.84 bits per heavy atom. The largest absolute Gasteiger partial charge is 0.377 e. The van der Waals surface area contributed by atoms with Crippen molar-refractivity contribution in [2.75, 3.05) is 10.6 Å². The summed E-state index contributed by atoms with van der Waals surface area (Å²) in [5.74, 6) is -0.0931.